The van der Waals surface area contributed by atoms with E-state index in [0.29, 0.717) is 5.56 Å². The Morgan fingerprint density at radius 2 is 0.754 bits per heavy atom. The van der Waals surface area contributed by atoms with Crippen LogP contribution in [0.25, 0.3) is 24.3 Å². The lowest BCUT2D eigenvalue weighted by molar-refractivity contribution is -0.142. The van der Waals surface area contributed by atoms with Gasteiger partial charge in [-0.15, -0.1) is 31.7 Å². The largest absolute Gasteiger partial charge is 0.463 e. The third kappa shape index (κ3) is 39.7. The molecule has 8 N–H and O–H groups in total. The smallest absolute Gasteiger partial charge is 0.433 e. The van der Waals surface area contributed by atoms with Crippen molar-refractivity contribution in [3.8, 4) is 72.6 Å². The molecule has 4 aromatic heterocycles. The molecule has 0 saturated heterocycles. The van der Waals surface area contributed by atoms with Crippen molar-refractivity contribution >= 4 is 119 Å². The van der Waals surface area contributed by atoms with Gasteiger partial charge in [-0.25, -0.2) is 67.9 Å². The first kappa shape index (κ1) is 109. The summed E-state index contributed by atoms with van der Waals surface area (Å²) in [5, 5.41) is 13.4. The number of halogens is 17. The third-order valence-electron chi connectivity index (χ3n) is 14.1. The van der Waals surface area contributed by atoms with E-state index in [1.807, 2.05) is 14.2 Å². The number of alkyl halides is 12. The van der Waals surface area contributed by atoms with E-state index in [1.165, 1.54) is 62.8 Å². The molecule has 0 aliphatic carbocycles. The number of hydrogen-bond acceptors (Lipinski definition) is 20. The monoisotopic (exact) mass is 1870 g/mol. The highest BCUT2D eigenvalue weighted by Crippen LogP contribution is 2.34. The average molecular weight is 1880 g/mol. The second kappa shape index (κ2) is 50.7. The molecule has 7 rings (SSSR count). The fraction of sp³-hybridized carbons (Fsp3) is 0.235. The molecule has 2 amide bonds. The molecule has 672 valence electrons. The lowest BCUT2D eigenvalue weighted by Crippen LogP contribution is -2.21. The number of sulfonamides is 3. The maximum Gasteiger partial charge on any atom is 0.433 e. The van der Waals surface area contributed by atoms with Gasteiger partial charge in [-0.05, 0) is 158 Å². The quantitative estimate of drug-likeness (QED) is 0.0103. The number of aromatic nitrogens is 4. The van der Waals surface area contributed by atoms with E-state index in [9.17, 15) is 110 Å². The molecule has 3 aromatic carbocycles. The van der Waals surface area contributed by atoms with Crippen molar-refractivity contribution in [2.45, 2.75) is 58.2 Å². The Bertz CT molecular complexity index is 5920. The Hall–Kier alpha value is -12.9. The van der Waals surface area contributed by atoms with Gasteiger partial charge < -0.3 is 40.4 Å². The van der Waals surface area contributed by atoms with E-state index in [4.69, 9.17) is 55.9 Å². The first-order valence-electron chi connectivity index (χ1n) is 34.4. The molecular weight excluding hydrogens is 1810 g/mol. The van der Waals surface area contributed by atoms with Crippen molar-refractivity contribution < 1.29 is 134 Å². The molecule has 0 radical (unpaired) electrons. The zero-order valence-corrected chi connectivity index (χ0v) is 70.3. The molecule has 0 unspecified atom stereocenters. The molecule has 0 aliphatic rings. The van der Waals surface area contributed by atoms with Gasteiger partial charge in [-0.2, -0.15) is 52.7 Å². The van der Waals surface area contributed by atoms with Gasteiger partial charge in [-0.1, -0.05) is 47.1 Å². The molecule has 0 fully saturated rings. The van der Waals surface area contributed by atoms with Crippen LogP contribution in [0.4, 0.5) is 82.9 Å². The maximum absolute atomic E-state index is 14.4. The molecule has 45 heteroatoms. The summed E-state index contributed by atoms with van der Waals surface area (Å²) >= 11 is 5.58. The SMILES string of the molecule is C#Cc1cc(CN)cc(F)c1NS(C)(=O)=O.C#Cc1cc(CNC(=O)/C=C/c2ccc(C(F)(F)F)nc2C#CCO)cc(F)c1NS(C)(=O)=O.C#Cc1cc(CNC(=O)/C=C/c2ccc(C(F)(F)F)nc2C#CCOC)cc(F)c1NS(C)(=O)=O.CCOC(=O)/C=C/c1ccc(C(F)(F)F)nc1C#CCOC.CCOC(=O)/C=C/c1ccc(C(F)(F)F)nc1Cl.Cl. The van der Waals surface area contributed by atoms with Crippen molar-refractivity contribution in [2.75, 3.05) is 80.2 Å². The van der Waals surface area contributed by atoms with Crippen molar-refractivity contribution in [3.63, 3.8) is 0 Å². The number of nitrogens with one attached hydrogen (secondary N) is 5. The number of methoxy groups -OCH3 is 2. The summed E-state index contributed by atoms with van der Waals surface area (Å²) in [5.74, 6) is 15.9. The minimum absolute atomic E-state index is 0. The van der Waals surface area contributed by atoms with Gasteiger partial charge in [0.05, 0.1) is 65.7 Å². The molecular formula is C81H71Cl2F15N10O15S3. The summed E-state index contributed by atoms with van der Waals surface area (Å²) in [6.45, 7) is 2.90. The topological polar surface area (TPSA) is 366 Å². The Morgan fingerprint density at radius 3 is 1.03 bits per heavy atom. The highest BCUT2D eigenvalue weighted by atomic mass is 35.5. The second-order valence-corrected chi connectivity index (χ2v) is 29.5. The number of carbonyl (C=O) groups is 4. The molecule has 126 heavy (non-hydrogen) atoms. The number of hydrogen-bond donors (Lipinski definition) is 7. The number of nitrogens with two attached hydrogens (primary N) is 1. The number of pyridine rings is 4. The molecule has 0 saturated carbocycles. The normalized spacial score (nSPS) is 11.3. The van der Waals surface area contributed by atoms with Crippen LogP contribution in [0.1, 0.15) is 109 Å². The Labute approximate surface area is 724 Å². The summed E-state index contributed by atoms with van der Waals surface area (Å²) in [4.78, 5) is 60.2. The number of anilines is 3. The minimum Gasteiger partial charge on any atom is -0.463 e. The lowest BCUT2D eigenvalue weighted by atomic mass is 10.1. The minimum atomic E-state index is -4.70. The summed E-state index contributed by atoms with van der Waals surface area (Å²) < 4.78 is 287. The predicted octanol–water partition coefficient (Wildman–Crippen LogP) is 12.2. The lowest BCUT2D eigenvalue weighted by Gasteiger charge is -2.11. The molecule has 0 atom stereocenters. The highest BCUT2D eigenvalue weighted by molar-refractivity contribution is 7.92. The molecule has 4 heterocycles. The summed E-state index contributed by atoms with van der Waals surface area (Å²) in [5.41, 5.74) is 1.03. The summed E-state index contributed by atoms with van der Waals surface area (Å²) in [7, 11) is -8.34. The zero-order chi connectivity index (χ0) is 94.4. The molecule has 0 aliphatic heterocycles. The van der Waals surface area contributed by atoms with E-state index in [0.717, 1.165) is 104 Å². The van der Waals surface area contributed by atoms with Crippen LogP contribution < -0.4 is 30.5 Å². The Morgan fingerprint density at radius 1 is 0.468 bits per heavy atom. The first-order chi connectivity index (χ1) is 58.3. The van der Waals surface area contributed by atoms with E-state index in [1.54, 1.807) is 13.8 Å². The number of aliphatic hydroxyl groups excluding tert-OH is 1. The number of rotatable bonds is 23. The first-order valence-corrected chi connectivity index (χ1v) is 40.5. The predicted molar refractivity (Wildman–Crippen MR) is 440 cm³/mol. The molecule has 0 spiro atoms. The Kier molecular flexibility index (Phi) is 44.0. The van der Waals surface area contributed by atoms with Gasteiger partial charge in [0.25, 0.3) is 0 Å². The van der Waals surface area contributed by atoms with Gasteiger partial charge in [0.2, 0.25) is 41.9 Å². The number of benzene rings is 3. The van der Waals surface area contributed by atoms with Crippen LogP contribution in [0, 0.1) is 90.0 Å². The van der Waals surface area contributed by atoms with Crippen LogP contribution in [0.5, 0.6) is 0 Å². The van der Waals surface area contributed by atoms with Crippen molar-refractivity contribution in [1.29, 1.82) is 0 Å². The maximum atomic E-state index is 14.4. The van der Waals surface area contributed by atoms with E-state index in [2.05, 4.69) is 88.6 Å². The van der Waals surface area contributed by atoms with E-state index >= 15 is 0 Å². The third-order valence-corrected chi connectivity index (χ3v) is 16.1. The van der Waals surface area contributed by atoms with Crippen LogP contribution in [-0.4, -0.2) is 140 Å². The van der Waals surface area contributed by atoms with Crippen molar-refractivity contribution in [2.24, 2.45) is 5.73 Å². The zero-order valence-electron chi connectivity index (χ0n) is 66.3. The number of esters is 2. The Balaban J connectivity index is 0.000000550. The van der Waals surface area contributed by atoms with E-state index < -0.39 is 131 Å². The fourth-order valence-corrected chi connectivity index (χ4v) is 10.8. The summed E-state index contributed by atoms with van der Waals surface area (Å²) in [6.07, 6.45) is 9.09. The summed E-state index contributed by atoms with van der Waals surface area (Å²) in [6, 6.07) is 14.9. The number of terminal acetylenes is 3. The van der Waals surface area contributed by atoms with Crippen LogP contribution in [-0.2, 0) is 113 Å². The van der Waals surface area contributed by atoms with Crippen LogP contribution in [0.15, 0.2) is 109 Å². The number of nitrogens with zero attached hydrogens (tertiary/aromatic N) is 4. The van der Waals surface area contributed by atoms with Gasteiger partial charge >= 0.3 is 36.6 Å². The molecule has 7 aromatic rings. The standard InChI is InChI=1S/C23H19F4N3O4S.C22H17F4N3O4S.C15H14F3NO3.C11H9ClF3NO2.C10H11FN2O2S.ClH/c1-4-16-12-15(13-18(24)22(16)30-35(3,32)33)14-28-21(31)10-8-17-7-9-20(23(25,26)27)29-19(17)6-5-11-34-2;1-3-15-11-14(12-17(23)21(15)29-34(2,32)33)13-27-20(31)9-7-16-6-8-19(22(24,25)26)28-18(16)5-4-10-30;1-3-22-14(20)9-7-11-6-8-13(15(16,17)18)19-12(11)5-4-10-21-2;1-2-18-9(17)6-4-7-3-5-8(11(13,14)15)16-10(7)12;1-3-8-4-7(6-12)5-9(11)10(8)13-16(2,14)15;/h1,7-10,12-13,30H,11,14H2,2-3H3,(H,28,31);1,6-9,11-12,29-30H,10,13H2,2H3,(H,27,31);6-9H,3,10H2,1-2H3;3-6H,2H2,1H3;1,4-5,13H,6,12H2,2H3;1H/b10-8+;2*9-7+;6-4+;;. The number of amides is 2. The second-order valence-electron chi connectivity index (χ2n) is 23.9. The average Bonchev–Trinajstić information content (AvgIpc) is 0.895. The van der Waals surface area contributed by atoms with Crippen LogP contribution in [0.3, 0.4) is 0 Å². The highest BCUT2D eigenvalue weighted by Gasteiger charge is 2.36. The fourth-order valence-electron chi connectivity index (χ4n) is 8.86. The van der Waals surface area contributed by atoms with Crippen molar-refractivity contribution in [3.05, 3.63) is 227 Å². The van der Waals surface area contributed by atoms with Gasteiger partial charge in [0, 0.05) is 80.4 Å². The number of carbonyl (C=O) groups excluding carboxylic acids is 4. The van der Waals surface area contributed by atoms with E-state index in [-0.39, 0.29) is 142 Å². The van der Waals surface area contributed by atoms with Gasteiger partial charge in [0.15, 0.2) is 0 Å². The number of ether oxygens (including phenoxy) is 4. The van der Waals surface area contributed by atoms with Crippen LogP contribution >= 0.6 is 24.0 Å². The van der Waals surface area contributed by atoms with Crippen LogP contribution in [0.2, 0.25) is 5.15 Å². The van der Waals surface area contributed by atoms with Gasteiger partial charge in [0.1, 0.15) is 82.3 Å². The number of aliphatic hydroxyl groups is 1. The van der Waals surface area contributed by atoms with Gasteiger partial charge in [-0.3, -0.25) is 23.8 Å². The molecule has 25 nitrogen and oxygen atoms in total. The van der Waals surface area contributed by atoms with Crippen molar-refractivity contribution in [1.82, 2.24) is 30.6 Å². The molecule has 0 bridgehead atoms.